The highest BCUT2D eigenvalue weighted by Gasteiger charge is 2.22. The number of hydrogen-bond donors (Lipinski definition) is 1. The molecular formula is C23H16ClF3N4O2S2. The number of carbonyl (C=O) groups excluding carboxylic acids is 1. The molecular weight excluding hydrogens is 521 g/mol. The first-order valence-electron chi connectivity index (χ1n) is 10.2. The molecule has 4 aromatic rings. The molecule has 2 aromatic carbocycles. The summed E-state index contributed by atoms with van der Waals surface area (Å²) in [6, 6.07) is 9.56. The highest BCUT2D eigenvalue weighted by atomic mass is 35.5. The molecule has 6 nitrogen and oxygen atoms in total. The smallest absolute Gasteiger partial charge is 0.312 e. The number of benzene rings is 2. The molecule has 2 heterocycles. The molecule has 0 amide bonds. The van der Waals surface area contributed by atoms with Crippen molar-refractivity contribution in [3.8, 4) is 21.8 Å². The van der Waals surface area contributed by atoms with Crippen LogP contribution >= 0.6 is 34.9 Å². The van der Waals surface area contributed by atoms with Gasteiger partial charge in [-0.05, 0) is 60.8 Å². The van der Waals surface area contributed by atoms with Gasteiger partial charge in [-0.3, -0.25) is 4.79 Å². The highest BCUT2D eigenvalue weighted by molar-refractivity contribution is 8.00. The Hall–Kier alpha value is -3.15. The molecule has 0 aliphatic carbocycles. The van der Waals surface area contributed by atoms with Crippen LogP contribution in [0.1, 0.15) is 11.9 Å². The Morgan fingerprint density at radius 2 is 1.86 bits per heavy atom. The molecule has 2 aromatic heterocycles. The van der Waals surface area contributed by atoms with Crippen LogP contribution in [0, 0.1) is 17.5 Å². The van der Waals surface area contributed by atoms with E-state index in [9.17, 15) is 13.6 Å². The van der Waals surface area contributed by atoms with Crippen molar-refractivity contribution in [1.82, 2.24) is 15.0 Å². The summed E-state index contributed by atoms with van der Waals surface area (Å²) in [5.74, 6) is -2.72. The van der Waals surface area contributed by atoms with Crippen LogP contribution in [0.3, 0.4) is 0 Å². The monoisotopic (exact) mass is 536 g/mol. The normalized spacial score (nSPS) is 10.9. The Morgan fingerprint density at radius 3 is 2.57 bits per heavy atom. The zero-order valence-electron chi connectivity index (χ0n) is 18.0. The van der Waals surface area contributed by atoms with Gasteiger partial charge in [0.1, 0.15) is 16.6 Å². The van der Waals surface area contributed by atoms with Gasteiger partial charge in [-0.1, -0.05) is 12.1 Å². The summed E-state index contributed by atoms with van der Waals surface area (Å²) in [6.07, 6.45) is 1.35. The highest BCUT2D eigenvalue weighted by Crippen LogP contribution is 2.39. The van der Waals surface area contributed by atoms with Crippen molar-refractivity contribution in [1.29, 1.82) is 0 Å². The van der Waals surface area contributed by atoms with E-state index in [0.29, 0.717) is 27.5 Å². The fraction of sp³-hybridized carbons (Fsp3) is 0.130. The summed E-state index contributed by atoms with van der Waals surface area (Å²) in [4.78, 5) is 24.7. The van der Waals surface area contributed by atoms with E-state index in [1.165, 1.54) is 24.4 Å². The molecule has 0 saturated carbocycles. The molecule has 0 spiro atoms. The number of thiazole rings is 1. The van der Waals surface area contributed by atoms with Crippen molar-refractivity contribution in [2.45, 2.75) is 18.2 Å². The first-order chi connectivity index (χ1) is 16.9. The summed E-state index contributed by atoms with van der Waals surface area (Å²) in [5.41, 5.74) is 0.711. The number of ether oxygens (including phenoxy) is 1. The third kappa shape index (κ3) is 5.75. The number of aromatic nitrogens is 3. The van der Waals surface area contributed by atoms with Crippen molar-refractivity contribution in [2.75, 3.05) is 11.3 Å². The second-order valence-electron chi connectivity index (χ2n) is 6.90. The summed E-state index contributed by atoms with van der Waals surface area (Å²) >= 11 is 7.70. The van der Waals surface area contributed by atoms with Crippen LogP contribution < -0.4 is 4.72 Å². The standard InChI is InChI=1S/C23H16ClF3N4O2S2/c1-2-33-18(32)11-17-30-20(22(34-17)16-9-10-28-23(24)29-16)12-5-3-8-15(19(12)27)31-35-21-13(25)6-4-7-14(21)26/h3-10,31H,2,11H2,1H3. The van der Waals surface area contributed by atoms with Crippen LogP contribution in [0.2, 0.25) is 5.28 Å². The second kappa shape index (κ2) is 11.1. The molecule has 35 heavy (non-hydrogen) atoms. The fourth-order valence-electron chi connectivity index (χ4n) is 3.07. The predicted octanol–water partition coefficient (Wildman–Crippen LogP) is 6.56. The van der Waals surface area contributed by atoms with Crippen molar-refractivity contribution in [3.05, 3.63) is 76.4 Å². The third-order valence-corrected chi connectivity index (χ3v) is 6.74. The lowest BCUT2D eigenvalue weighted by Gasteiger charge is -2.11. The number of rotatable bonds is 8. The number of anilines is 1. The largest absolute Gasteiger partial charge is 0.466 e. The molecule has 0 unspecified atom stereocenters. The second-order valence-corrected chi connectivity index (χ2v) is 9.14. The first-order valence-corrected chi connectivity index (χ1v) is 12.2. The molecule has 0 bridgehead atoms. The fourth-order valence-corrected chi connectivity index (χ4v) is 4.95. The number of nitrogens with one attached hydrogen (secondary N) is 1. The minimum atomic E-state index is -0.773. The summed E-state index contributed by atoms with van der Waals surface area (Å²) in [5, 5.41) is 0.386. The van der Waals surface area contributed by atoms with Crippen molar-refractivity contribution in [2.24, 2.45) is 0 Å². The average Bonchev–Trinajstić information content (AvgIpc) is 3.23. The van der Waals surface area contributed by atoms with E-state index in [0.717, 1.165) is 23.5 Å². The van der Waals surface area contributed by atoms with Gasteiger partial charge in [0.15, 0.2) is 5.82 Å². The van der Waals surface area contributed by atoms with Crippen LogP contribution in [0.4, 0.5) is 18.9 Å². The summed E-state index contributed by atoms with van der Waals surface area (Å²) in [6.45, 7) is 1.91. The molecule has 0 saturated heterocycles. The average molecular weight is 537 g/mol. The van der Waals surface area contributed by atoms with Crippen LogP contribution in [0.15, 0.2) is 53.6 Å². The first kappa shape index (κ1) is 25.0. The van der Waals surface area contributed by atoms with Crippen molar-refractivity contribution < 1.29 is 22.7 Å². The Kier molecular flexibility index (Phi) is 7.89. The van der Waals surface area contributed by atoms with Gasteiger partial charge in [-0.2, -0.15) is 0 Å². The maximum absolute atomic E-state index is 15.6. The van der Waals surface area contributed by atoms with E-state index in [1.54, 1.807) is 19.1 Å². The van der Waals surface area contributed by atoms with E-state index in [4.69, 9.17) is 16.3 Å². The number of carbonyl (C=O) groups is 1. The lowest BCUT2D eigenvalue weighted by molar-refractivity contribution is -0.142. The van der Waals surface area contributed by atoms with Crippen LogP contribution in [0.25, 0.3) is 21.8 Å². The van der Waals surface area contributed by atoms with E-state index in [-0.39, 0.29) is 40.2 Å². The molecule has 0 aliphatic rings. The molecule has 4 rings (SSSR count). The van der Waals surface area contributed by atoms with Gasteiger partial charge in [0.25, 0.3) is 0 Å². The minimum absolute atomic E-state index is 0.00648. The quantitative estimate of drug-likeness (QED) is 0.155. The third-order valence-electron chi connectivity index (χ3n) is 4.57. The molecule has 1 N–H and O–H groups in total. The Bertz CT molecular complexity index is 1370. The number of esters is 1. The maximum atomic E-state index is 15.6. The molecule has 180 valence electrons. The summed E-state index contributed by atoms with van der Waals surface area (Å²) < 4.78 is 51.2. The van der Waals surface area contributed by atoms with Crippen molar-refractivity contribution in [3.63, 3.8) is 0 Å². The molecule has 12 heteroatoms. The van der Waals surface area contributed by atoms with Gasteiger partial charge >= 0.3 is 5.97 Å². The Morgan fingerprint density at radius 1 is 1.11 bits per heavy atom. The van der Waals surface area contributed by atoms with Crippen LogP contribution in [-0.4, -0.2) is 27.5 Å². The van der Waals surface area contributed by atoms with Crippen LogP contribution in [0.5, 0.6) is 0 Å². The minimum Gasteiger partial charge on any atom is -0.466 e. The van der Waals surface area contributed by atoms with E-state index >= 15 is 4.39 Å². The van der Waals surface area contributed by atoms with E-state index in [2.05, 4.69) is 19.7 Å². The maximum Gasteiger partial charge on any atom is 0.312 e. The van der Waals surface area contributed by atoms with Gasteiger partial charge in [0.2, 0.25) is 5.28 Å². The Labute approximate surface area is 211 Å². The summed E-state index contributed by atoms with van der Waals surface area (Å²) in [7, 11) is 0. The SMILES string of the molecule is CCOC(=O)Cc1nc(-c2cccc(NSc3c(F)cccc3F)c2F)c(-c2ccnc(Cl)n2)s1. The van der Waals surface area contributed by atoms with Gasteiger partial charge in [-0.25, -0.2) is 28.1 Å². The molecule has 0 atom stereocenters. The number of hydrogen-bond acceptors (Lipinski definition) is 8. The lowest BCUT2D eigenvalue weighted by Crippen LogP contribution is -2.07. The molecule has 0 radical (unpaired) electrons. The Balaban J connectivity index is 1.73. The van der Waals surface area contributed by atoms with Gasteiger partial charge in [-0.15, -0.1) is 11.3 Å². The zero-order chi connectivity index (χ0) is 24.9. The van der Waals surface area contributed by atoms with Crippen molar-refractivity contribution >= 4 is 46.5 Å². The lowest BCUT2D eigenvalue weighted by atomic mass is 10.1. The van der Waals surface area contributed by atoms with Gasteiger partial charge < -0.3 is 9.46 Å². The predicted molar refractivity (Wildman–Crippen MR) is 130 cm³/mol. The zero-order valence-corrected chi connectivity index (χ0v) is 20.4. The topological polar surface area (TPSA) is 77.0 Å². The van der Waals surface area contributed by atoms with Gasteiger partial charge in [0, 0.05) is 11.8 Å². The molecule has 0 aliphatic heterocycles. The van der Waals surface area contributed by atoms with Gasteiger partial charge in [0.05, 0.1) is 39.9 Å². The van der Waals surface area contributed by atoms with Crippen LogP contribution in [-0.2, 0) is 16.0 Å². The number of nitrogens with zero attached hydrogens (tertiary/aromatic N) is 3. The van der Waals surface area contributed by atoms with E-state index < -0.39 is 23.4 Å². The molecule has 0 fully saturated rings. The van der Waals surface area contributed by atoms with E-state index in [1.807, 2.05) is 0 Å². The number of halogens is 4.